The maximum absolute atomic E-state index is 5.34. The summed E-state index contributed by atoms with van der Waals surface area (Å²) in [5.41, 5.74) is 0.939. The first-order valence-corrected chi connectivity index (χ1v) is 8.64. The fourth-order valence-corrected chi connectivity index (χ4v) is 3.22. The Morgan fingerprint density at radius 3 is 2.74 bits per heavy atom. The van der Waals surface area contributed by atoms with Crippen molar-refractivity contribution in [1.82, 2.24) is 15.1 Å². The molecule has 0 amide bonds. The van der Waals surface area contributed by atoms with Crippen LogP contribution in [0.1, 0.15) is 45.4 Å². The highest BCUT2D eigenvalue weighted by molar-refractivity contribution is 5.69. The molecule has 3 rings (SSSR count). The second-order valence-electron chi connectivity index (χ2n) is 6.92. The molecule has 3 heterocycles. The van der Waals surface area contributed by atoms with Gasteiger partial charge < -0.3 is 9.42 Å². The Morgan fingerprint density at radius 2 is 2.09 bits per heavy atom. The predicted molar refractivity (Wildman–Crippen MR) is 91.3 cm³/mol. The van der Waals surface area contributed by atoms with Gasteiger partial charge in [0.05, 0.1) is 5.56 Å². The van der Waals surface area contributed by atoms with E-state index in [-0.39, 0.29) is 0 Å². The molecule has 1 aliphatic heterocycles. The molecule has 23 heavy (non-hydrogen) atoms. The van der Waals surface area contributed by atoms with E-state index in [2.05, 4.69) is 33.9 Å². The third kappa shape index (κ3) is 3.89. The molecule has 0 bridgehead atoms. The Hall–Kier alpha value is -1.91. The fraction of sp³-hybridized carbons (Fsp3) is 0.611. The van der Waals surface area contributed by atoms with Gasteiger partial charge in [-0.2, -0.15) is 4.98 Å². The molecule has 0 N–H and O–H groups in total. The number of hydrogen-bond donors (Lipinski definition) is 0. The molecule has 5 heteroatoms. The van der Waals surface area contributed by atoms with E-state index in [4.69, 9.17) is 4.52 Å². The second-order valence-corrected chi connectivity index (χ2v) is 6.92. The van der Waals surface area contributed by atoms with Gasteiger partial charge in [-0.1, -0.05) is 31.8 Å². The van der Waals surface area contributed by atoms with Crippen molar-refractivity contribution in [3.63, 3.8) is 0 Å². The Balaban J connectivity index is 1.69. The number of hydrogen-bond acceptors (Lipinski definition) is 5. The summed E-state index contributed by atoms with van der Waals surface area (Å²) in [7, 11) is 0. The van der Waals surface area contributed by atoms with Crippen molar-refractivity contribution in [3.05, 3.63) is 24.2 Å². The second kappa shape index (κ2) is 7.11. The van der Waals surface area contributed by atoms with Crippen LogP contribution in [0.2, 0.25) is 0 Å². The lowest BCUT2D eigenvalue weighted by Crippen LogP contribution is -2.34. The van der Waals surface area contributed by atoms with Crippen molar-refractivity contribution in [2.24, 2.45) is 11.8 Å². The van der Waals surface area contributed by atoms with Crippen LogP contribution < -0.4 is 4.90 Å². The zero-order valence-electron chi connectivity index (χ0n) is 14.3. The maximum atomic E-state index is 5.34. The SMILES string of the molecule is Cc1noc(-c2cccnc2N2CCC(CCC(C)C)CC2)n1. The van der Waals surface area contributed by atoms with Gasteiger partial charge in [0.15, 0.2) is 5.82 Å². The van der Waals surface area contributed by atoms with E-state index >= 15 is 0 Å². The summed E-state index contributed by atoms with van der Waals surface area (Å²) in [5, 5.41) is 3.90. The predicted octanol–water partition coefficient (Wildman–Crippen LogP) is 4.09. The molecular formula is C18H26N4O. The zero-order chi connectivity index (χ0) is 16.2. The monoisotopic (exact) mass is 314 g/mol. The summed E-state index contributed by atoms with van der Waals surface area (Å²) < 4.78 is 5.34. The number of anilines is 1. The van der Waals surface area contributed by atoms with Crippen molar-refractivity contribution in [1.29, 1.82) is 0 Å². The third-order valence-electron chi connectivity index (χ3n) is 4.61. The lowest BCUT2D eigenvalue weighted by atomic mass is 9.89. The van der Waals surface area contributed by atoms with E-state index in [1.165, 1.54) is 25.7 Å². The number of pyridine rings is 1. The number of aryl methyl sites for hydroxylation is 1. The molecule has 1 fully saturated rings. The van der Waals surface area contributed by atoms with E-state index < -0.39 is 0 Å². The van der Waals surface area contributed by atoms with E-state index in [0.29, 0.717) is 11.7 Å². The highest BCUT2D eigenvalue weighted by atomic mass is 16.5. The van der Waals surface area contributed by atoms with Gasteiger partial charge in [-0.3, -0.25) is 0 Å². The maximum Gasteiger partial charge on any atom is 0.261 e. The van der Waals surface area contributed by atoms with Gasteiger partial charge in [-0.25, -0.2) is 4.98 Å². The molecule has 0 spiro atoms. The molecule has 0 saturated carbocycles. The van der Waals surface area contributed by atoms with Crippen molar-refractivity contribution in [2.45, 2.75) is 46.5 Å². The van der Waals surface area contributed by atoms with Gasteiger partial charge in [-0.05, 0) is 43.7 Å². The molecule has 0 aliphatic carbocycles. The smallest absolute Gasteiger partial charge is 0.261 e. The Kier molecular flexibility index (Phi) is 4.94. The molecule has 2 aromatic heterocycles. The van der Waals surface area contributed by atoms with Crippen LogP contribution in [-0.4, -0.2) is 28.2 Å². The molecule has 5 nitrogen and oxygen atoms in total. The lowest BCUT2D eigenvalue weighted by molar-refractivity contribution is 0.350. The van der Waals surface area contributed by atoms with Crippen LogP contribution >= 0.6 is 0 Å². The minimum atomic E-state index is 0.563. The van der Waals surface area contributed by atoms with E-state index in [1.807, 2.05) is 25.3 Å². The topological polar surface area (TPSA) is 55.1 Å². The highest BCUT2D eigenvalue weighted by Gasteiger charge is 2.23. The summed E-state index contributed by atoms with van der Waals surface area (Å²) in [4.78, 5) is 11.3. The van der Waals surface area contributed by atoms with Crippen LogP contribution in [0.3, 0.4) is 0 Å². The number of piperidine rings is 1. The van der Waals surface area contributed by atoms with Crippen LogP contribution in [-0.2, 0) is 0 Å². The minimum Gasteiger partial charge on any atom is -0.356 e. The van der Waals surface area contributed by atoms with Gasteiger partial charge in [0.2, 0.25) is 0 Å². The molecule has 0 atom stereocenters. The number of nitrogens with zero attached hydrogens (tertiary/aromatic N) is 4. The molecule has 1 aliphatic rings. The summed E-state index contributed by atoms with van der Waals surface area (Å²) in [6.45, 7) is 8.56. The van der Waals surface area contributed by atoms with Crippen LogP contribution in [0.25, 0.3) is 11.5 Å². The van der Waals surface area contributed by atoms with E-state index in [9.17, 15) is 0 Å². The standard InChI is InChI=1S/C18H26N4O/c1-13(2)6-7-15-8-11-22(12-9-15)17-16(5-4-10-19-17)18-20-14(3)21-23-18/h4-5,10,13,15H,6-9,11-12H2,1-3H3. The number of aromatic nitrogens is 3. The molecule has 2 aromatic rings. The van der Waals surface area contributed by atoms with Gasteiger partial charge in [0, 0.05) is 19.3 Å². The average molecular weight is 314 g/mol. The molecule has 0 radical (unpaired) electrons. The van der Waals surface area contributed by atoms with Crippen LogP contribution in [0.5, 0.6) is 0 Å². The van der Waals surface area contributed by atoms with Crippen LogP contribution in [0.15, 0.2) is 22.9 Å². The van der Waals surface area contributed by atoms with Crippen LogP contribution in [0, 0.1) is 18.8 Å². The van der Waals surface area contributed by atoms with Crippen LogP contribution in [0.4, 0.5) is 5.82 Å². The van der Waals surface area contributed by atoms with Crippen molar-refractivity contribution in [2.75, 3.05) is 18.0 Å². The number of rotatable bonds is 5. The van der Waals surface area contributed by atoms with Gasteiger partial charge in [-0.15, -0.1) is 0 Å². The molecule has 0 unspecified atom stereocenters. The quantitative estimate of drug-likeness (QED) is 0.832. The Labute approximate surface area is 138 Å². The molecule has 124 valence electrons. The molecule has 0 aromatic carbocycles. The summed E-state index contributed by atoms with van der Waals surface area (Å²) in [6, 6.07) is 3.94. The largest absolute Gasteiger partial charge is 0.356 e. The van der Waals surface area contributed by atoms with Gasteiger partial charge in [0.25, 0.3) is 5.89 Å². The Morgan fingerprint density at radius 1 is 1.30 bits per heavy atom. The normalized spacial score (nSPS) is 16.3. The molecule has 1 saturated heterocycles. The summed E-state index contributed by atoms with van der Waals surface area (Å²) in [6.07, 6.45) is 7.01. The first-order chi connectivity index (χ1) is 11.1. The van der Waals surface area contributed by atoms with E-state index in [1.54, 1.807) is 0 Å². The average Bonchev–Trinajstić information content (AvgIpc) is 3.00. The van der Waals surface area contributed by atoms with Crippen molar-refractivity contribution < 1.29 is 4.52 Å². The first kappa shape index (κ1) is 16.0. The summed E-state index contributed by atoms with van der Waals surface area (Å²) >= 11 is 0. The lowest BCUT2D eigenvalue weighted by Gasteiger charge is -2.33. The van der Waals surface area contributed by atoms with Gasteiger partial charge >= 0.3 is 0 Å². The minimum absolute atomic E-state index is 0.563. The zero-order valence-corrected chi connectivity index (χ0v) is 14.3. The van der Waals surface area contributed by atoms with Crippen molar-refractivity contribution >= 4 is 5.82 Å². The fourth-order valence-electron chi connectivity index (χ4n) is 3.22. The highest BCUT2D eigenvalue weighted by Crippen LogP contribution is 2.31. The van der Waals surface area contributed by atoms with E-state index in [0.717, 1.165) is 36.3 Å². The molecular weight excluding hydrogens is 288 g/mol. The van der Waals surface area contributed by atoms with Crippen molar-refractivity contribution in [3.8, 4) is 11.5 Å². The Bertz CT molecular complexity index is 629. The third-order valence-corrected chi connectivity index (χ3v) is 4.61. The summed E-state index contributed by atoms with van der Waals surface area (Å²) in [5.74, 6) is 3.84. The first-order valence-electron chi connectivity index (χ1n) is 8.64. The van der Waals surface area contributed by atoms with Gasteiger partial charge in [0.1, 0.15) is 5.82 Å².